The summed E-state index contributed by atoms with van der Waals surface area (Å²) in [6, 6.07) is 8.07. The molecule has 1 aromatic rings. The zero-order valence-corrected chi connectivity index (χ0v) is 13.8. The zero-order valence-electron chi connectivity index (χ0n) is 13.0. The average molecular weight is 297 g/mol. The predicted octanol–water partition coefficient (Wildman–Crippen LogP) is 3.32. The number of methoxy groups -OCH3 is 1. The van der Waals surface area contributed by atoms with Crippen LogP contribution < -0.4 is 10.1 Å². The van der Waals surface area contributed by atoms with Crippen LogP contribution in [-0.2, 0) is 0 Å². The van der Waals surface area contributed by atoms with E-state index in [1.165, 1.54) is 0 Å². The molecule has 20 heavy (non-hydrogen) atoms. The zero-order chi connectivity index (χ0) is 15.0. The van der Waals surface area contributed by atoms with E-state index >= 15 is 0 Å². The van der Waals surface area contributed by atoms with Crippen molar-refractivity contribution in [2.24, 2.45) is 0 Å². The van der Waals surface area contributed by atoms with Crippen LogP contribution in [0.2, 0.25) is 0 Å². The third-order valence-electron chi connectivity index (χ3n) is 3.29. The van der Waals surface area contributed by atoms with E-state index in [2.05, 4.69) is 32.2 Å². The molecule has 2 N–H and O–H groups in total. The Hall–Kier alpha value is -0.710. The number of nitrogens with one attached hydrogen (secondary N) is 1. The Kier molecular flexibility index (Phi) is 7.41. The monoisotopic (exact) mass is 297 g/mol. The summed E-state index contributed by atoms with van der Waals surface area (Å²) in [6.45, 7) is 7.51. The Labute approximate surface area is 127 Å². The first-order valence-corrected chi connectivity index (χ1v) is 8.08. The lowest BCUT2D eigenvalue weighted by molar-refractivity contribution is 0.166. The van der Waals surface area contributed by atoms with Gasteiger partial charge in [0.05, 0.1) is 13.7 Å². The van der Waals surface area contributed by atoms with Crippen molar-refractivity contribution in [1.29, 1.82) is 0 Å². The van der Waals surface area contributed by atoms with Crippen LogP contribution in [0.3, 0.4) is 0 Å². The van der Waals surface area contributed by atoms with Gasteiger partial charge in [-0.05, 0) is 38.4 Å². The van der Waals surface area contributed by atoms with E-state index in [9.17, 15) is 5.11 Å². The molecule has 2 atom stereocenters. The molecule has 0 aliphatic rings. The second-order valence-corrected chi connectivity index (χ2v) is 6.91. The molecule has 3 nitrogen and oxygen atoms in total. The summed E-state index contributed by atoms with van der Waals surface area (Å²) in [5.74, 6) is 0.913. The summed E-state index contributed by atoms with van der Waals surface area (Å²) < 4.78 is 5.38. The number of rotatable bonds is 9. The largest absolute Gasteiger partial charge is 0.496 e. The van der Waals surface area contributed by atoms with E-state index in [1.54, 1.807) is 18.9 Å². The van der Waals surface area contributed by atoms with Gasteiger partial charge in [-0.15, -0.1) is 11.8 Å². The van der Waals surface area contributed by atoms with Gasteiger partial charge in [0.2, 0.25) is 0 Å². The number of thioether (sulfide) groups is 1. The maximum atomic E-state index is 9.63. The number of benzene rings is 1. The molecule has 0 spiro atoms. The number of para-hydroxylation sites is 1. The summed E-state index contributed by atoms with van der Waals surface area (Å²) in [5, 5.41) is 13.5. The molecule has 1 rings (SSSR count). The number of ether oxygens (including phenoxy) is 1. The van der Waals surface area contributed by atoms with Crippen molar-refractivity contribution in [1.82, 2.24) is 5.32 Å². The molecule has 4 heteroatoms. The van der Waals surface area contributed by atoms with Gasteiger partial charge in [-0.1, -0.05) is 26.0 Å². The van der Waals surface area contributed by atoms with Crippen molar-refractivity contribution in [3.63, 3.8) is 0 Å². The Bertz CT molecular complexity index is 400. The molecular formula is C16H27NO2S. The third kappa shape index (κ3) is 5.35. The lowest BCUT2D eigenvalue weighted by Crippen LogP contribution is -2.47. The second kappa shape index (κ2) is 8.55. The Morgan fingerprint density at radius 2 is 2.10 bits per heavy atom. The quantitative estimate of drug-likeness (QED) is 0.686. The summed E-state index contributed by atoms with van der Waals surface area (Å²) in [5.41, 5.74) is -0.218. The predicted molar refractivity (Wildman–Crippen MR) is 86.7 cm³/mol. The Morgan fingerprint density at radius 3 is 2.70 bits per heavy atom. The van der Waals surface area contributed by atoms with E-state index in [0.717, 1.165) is 30.0 Å². The highest BCUT2D eigenvalue weighted by Gasteiger charge is 2.25. The smallest absolute Gasteiger partial charge is 0.132 e. The van der Waals surface area contributed by atoms with Crippen LogP contribution in [0.4, 0.5) is 0 Å². The van der Waals surface area contributed by atoms with E-state index in [-0.39, 0.29) is 12.1 Å². The fourth-order valence-corrected chi connectivity index (χ4v) is 3.54. The topological polar surface area (TPSA) is 41.5 Å². The van der Waals surface area contributed by atoms with E-state index < -0.39 is 0 Å². The summed E-state index contributed by atoms with van der Waals surface area (Å²) in [6.07, 6.45) is 1.98. The Morgan fingerprint density at radius 1 is 1.40 bits per heavy atom. The van der Waals surface area contributed by atoms with Gasteiger partial charge in [-0.2, -0.15) is 0 Å². The fraction of sp³-hybridized carbons (Fsp3) is 0.625. The molecule has 0 fully saturated rings. The lowest BCUT2D eigenvalue weighted by atomic mass is 9.97. The molecule has 114 valence electrons. The molecule has 0 saturated carbocycles. The van der Waals surface area contributed by atoms with Crippen molar-refractivity contribution in [2.75, 3.05) is 20.3 Å². The van der Waals surface area contributed by atoms with Gasteiger partial charge in [0.15, 0.2) is 0 Å². The van der Waals surface area contributed by atoms with E-state index in [4.69, 9.17) is 4.74 Å². The molecule has 0 heterocycles. The van der Waals surface area contributed by atoms with Gasteiger partial charge in [0, 0.05) is 15.7 Å². The Balaban J connectivity index is 2.63. The van der Waals surface area contributed by atoms with Crippen molar-refractivity contribution >= 4 is 11.8 Å². The molecule has 0 amide bonds. The van der Waals surface area contributed by atoms with Crippen LogP contribution in [0, 0.1) is 0 Å². The van der Waals surface area contributed by atoms with Crippen molar-refractivity contribution in [3.05, 3.63) is 24.3 Å². The number of aliphatic hydroxyl groups is 1. The van der Waals surface area contributed by atoms with Crippen molar-refractivity contribution < 1.29 is 9.84 Å². The van der Waals surface area contributed by atoms with Gasteiger partial charge < -0.3 is 15.2 Å². The van der Waals surface area contributed by atoms with Crippen molar-refractivity contribution in [3.8, 4) is 5.75 Å². The summed E-state index contributed by atoms with van der Waals surface area (Å²) >= 11 is 1.79. The van der Waals surface area contributed by atoms with Crippen LogP contribution in [0.15, 0.2) is 29.2 Å². The summed E-state index contributed by atoms with van der Waals surface area (Å²) in [4.78, 5) is 1.15. The van der Waals surface area contributed by atoms with Crippen LogP contribution in [0.5, 0.6) is 5.75 Å². The SMILES string of the molecule is CCCNC(C)(CO)CC(C)Sc1ccccc1OC. The highest BCUT2D eigenvalue weighted by atomic mass is 32.2. The molecule has 0 saturated heterocycles. The van der Waals surface area contributed by atoms with Gasteiger partial charge >= 0.3 is 0 Å². The van der Waals surface area contributed by atoms with Crippen molar-refractivity contribution in [2.45, 2.75) is 49.3 Å². The van der Waals surface area contributed by atoms with Gasteiger partial charge in [-0.25, -0.2) is 0 Å². The standard InChI is InChI=1S/C16H27NO2S/c1-5-10-17-16(3,12-18)11-13(2)20-15-9-7-6-8-14(15)19-4/h6-9,13,17-18H,5,10-12H2,1-4H3. The molecule has 0 bridgehead atoms. The van der Waals surface area contributed by atoms with Crippen LogP contribution in [-0.4, -0.2) is 36.2 Å². The van der Waals surface area contributed by atoms with Crippen LogP contribution >= 0.6 is 11.8 Å². The second-order valence-electron chi connectivity index (χ2n) is 5.43. The first-order valence-electron chi connectivity index (χ1n) is 7.20. The molecule has 0 radical (unpaired) electrons. The minimum atomic E-state index is -0.218. The van der Waals surface area contributed by atoms with Crippen LogP contribution in [0.25, 0.3) is 0 Å². The minimum absolute atomic E-state index is 0.157. The van der Waals surface area contributed by atoms with E-state index in [1.807, 2.05) is 18.2 Å². The first-order chi connectivity index (χ1) is 9.54. The molecular weight excluding hydrogens is 270 g/mol. The molecule has 0 aliphatic carbocycles. The van der Waals surface area contributed by atoms with Gasteiger partial charge in [0.1, 0.15) is 5.75 Å². The highest BCUT2D eigenvalue weighted by molar-refractivity contribution is 8.00. The number of aliphatic hydroxyl groups excluding tert-OH is 1. The molecule has 0 aromatic heterocycles. The molecule has 2 unspecified atom stereocenters. The maximum Gasteiger partial charge on any atom is 0.132 e. The summed E-state index contributed by atoms with van der Waals surface area (Å²) in [7, 11) is 1.70. The molecule has 0 aliphatic heterocycles. The first kappa shape index (κ1) is 17.3. The fourth-order valence-electron chi connectivity index (χ4n) is 2.23. The average Bonchev–Trinajstić information content (AvgIpc) is 2.45. The van der Waals surface area contributed by atoms with Gasteiger partial charge in [-0.3, -0.25) is 0 Å². The van der Waals surface area contributed by atoms with Crippen LogP contribution in [0.1, 0.15) is 33.6 Å². The van der Waals surface area contributed by atoms with Gasteiger partial charge in [0.25, 0.3) is 0 Å². The maximum absolute atomic E-state index is 9.63. The van der Waals surface area contributed by atoms with E-state index in [0.29, 0.717) is 5.25 Å². The lowest BCUT2D eigenvalue weighted by Gasteiger charge is -2.31. The highest BCUT2D eigenvalue weighted by Crippen LogP contribution is 2.34. The minimum Gasteiger partial charge on any atom is -0.496 e. The number of hydrogen-bond donors (Lipinski definition) is 2. The third-order valence-corrected chi connectivity index (χ3v) is 4.45. The normalized spacial score (nSPS) is 15.7. The number of hydrogen-bond acceptors (Lipinski definition) is 4. The molecule has 1 aromatic carbocycles.